The van der Waals surface area contributed by atoms with Gasteiger partial charge in [-0.05, 0) is 23.3 Å². The minimum Gasteiger partial charge on any atom is -0.333 e. The molecule has 0 aliphatic rings. The van der Waals surface area contributed by atoms with Crippen molar-refractivity contribution in [2.75, 3.05) is 0 Å². The Morgan fingerprint density at radius 3 is 2.47 bits per heavy atom. The van der Waals surface area contributed by atoms with Gasteiger partial charge in [0.2, 0.25) is 0 Å². The summed E-state index contributed by atoms with van der Waals surface area (Å²) in [5, 5.41) is 0.962. The summed E-state index contributed by atoms with van der Waals surface area (Å²) in [6, 6.07) is 16.5. The zero-order valence-corrected chi connectivity index (χ0v) is 11.3. The minimum atomic E-state index is 0.594. The highest BCUT2D eigenvalue weighted by atomic mass is 32.2. The first-order valence-corrected chi connectivity index (χ1v) is 7.19. The van der Waals surface area contributed by atoms with Crippen LogP contribution < -0.4 is 5.73 Å². The van der Waals surface area contributed by atoms with Crippen LogP contribution in [0.1, 0.15) is 11.1 Å². The molecule has 2 aromatic carbocycles. The maximum absolute atomic E-state index is 5.59. The molecule has 3 N–H and O–H groups in total. The van der Waals surface area contributed by atoms with Gasteiger partial charge in [-0.3, -0.25) is 0 Å². The third-order valence-corrected chi connectivity index (χ3v) is 3.95. The molecule has 3 rings (SSSR count). The van der Waals surface area contributed by atoms with E-state index in [4.69, 9.17) is 5.73 Å². The summed E-state index contributed by atoms with van der Waals surface area (Å²) in [6.45, 7) is 0.594. The van der Waals surface area contributed by atoms with E-state index >= 15 is 0 Å². The number of imidazole rings is 1. The summed E-state index contributed by atoms with van der Waals surface area (Å²) in [5.41, 5.74) is 10.1. The third kappa shape index (κ3) is 2.80. The number of benzene rings is 2. The monoisotopic (exact) mass is 269 g/mol. The van der Waals surface area contributed by atoms with Gasteiger partial charge in [-0.1, -0.05) is 48.2 Å². The first kappa shape index (κ1) is 12.3. The fourth-order valence-corrected chi connectivity index (χ4v) is 2.76. The maximum Gasteiger partial charge on any atom is 0.166 e. The van der Waals surface area contributed by atoms with E-state index in [1.807, 2.05) is 24.3 Å². The van der Waals surface area contributed by atoms with Gasteiger partial charge in [-0.25, -0.2) is 4.98 Å². The number of H-pyrrole nitrogens is 1. The van der Waals surface area contributed by atoms with E-state index in [1.165, 1.54) is 5.56 Å². The smallest absolute Gasteiger partial charge is 0.166 e. The predicted molar refractivity (Wildman–Crippen MR) is 80.0 cm³/mol. The molecule has 4 heteroatoms. The fourth-order valence-electron chi connectivity index (χ4n) is 1.92. The number of para-hydroxylation sites is 2. The van der Waals surface area contributed by atoms with Crippen molar-refractivity contribution in [1.82, 2.24) is 9.97 Å². The van der Waals surface area contributed by atoms with E-state index in [0.29, 0.717) is 6.54 Å². The summed E-state index contributed by atoms with van der Waals surface area (Å²) in [6.07, 6.45) is 0. The van der Waals surface area contributed by atoms with Crippen LogP contribution in [0.3, 0.4) is 0 Å². The molecule has 0 saturated heterocycles. The number of aromatic amines is 1. The normalized spacial score (nSPS) is 11.0. The summed E-state index contributed by atoms with van der Waals surface area (Å²) >= 11 is 1.71. The average molecular weight is 269 g/mol. The van der Waals surface area contributed by atoms with Crippen LogP contribution >= 0.6 is 11.8 Å². The van der Waals surface area contributed by atoms with Crippen LogP contribution in [0.25, 0.3) is 11.0 Å². The summed E-state index contributed by atoms with van der Waals surface area (Å²) in [7, 11) is 0. The van der Waals surface area contributed by atoms with Crippen molar-refractivity contribution < 1.29 is 0 Å². The second kappa shape index (κ2) is 5.47. The highest BCUT2D eigenvalue weighted by molar-refractivity contribution is 7.98. The average Bonchev–Trinajstić information content (AvgIpc) is 2.88. The van der Waals surface area contributed by atoms with Crippen LogP contribution in [0.2, 0.25) is 0 Å². The highest BCUT2D eigenvalue weighted by Gasteiger charge is 2.03. The van der Waals surface area contributed by atoms with Gasteiger partial charge >= 0.3 is 0 Å². The summed E-state index contributed by atoms with van der Waals surface area (Å²) in [4.78, 5) is 7.87. The van der Waals surface area contributed by atoms with Gasteiger partial charge in [0.15, 0.2) is 5.16 Å². The largest absolute Gasteiger partial charge is 0.333 e. The number of nitrogens with two attached hydrogens (primary N) is 1. The van der Waals surface area contributed by atoms with Crippen molar-refractivity contribution in [2.24, 2.45) is 5.73 Å². The standard InChI is InChI=1S/C15H15N3S/c16-9-11-5-7-12(8-6-11)10-19-15-17-13-3-1-2-4-14(13)18-15/h1-8H,9-10,16H2,(H,17,18). The summed E-state index contributed by atoms with van der Waals surface area (Å²) < 4.78 is 0. The lowest BCUT2D eigenvalue weighted by Crippen LogP contribution is -1.95. The molecule has 0 radical (unpaired) electrons. The van der Waals surface area contributed by atoms with Gasteiger partial charge < -0.3 is 10.7 Å². The van der Waals surface area contributed by atoms with E-state index in [-0.39, 0.29) is 0 Å². The van der Waals surface area contributed by atoms with Crippen LogP contribution in [0, 0.1) is 0 Å². The Hall–Kier alpha value is -1.78. The molecule has 0 spiro atoms. The lowest BCUT2D eigenvalue weighted by Gasteiger charge is -2.01. The Labute approximate surface area is 116 Å². The van der Waals surface area contributed by atoms with Crippen LogP contribution in [-0.4, -0.2) is 9.97 Å². The molecule has 19 heavy (non-hydrogen) atoms. The van der Waals surface area contributed by atoms with Crippen molar-refractivity contribution in [1.29, 1.82) is 0 Å². The first-order chi connectivity index (χ1) is 9.35. The Morgan fingerprint density at radius 1 is 1.00 bits per heavy atom. The van der Waals surface area contributed by atoms with Crippen LogP contribution in [-0.2, 0) is 12.3 Å². The van der Waals surface area contributed by atoms with Crippen LogP contribution in [0.5, 0.6) is 0 Å². The van der Waals surface area contributed by atoms with Crippen molar-refractivity contribution in [3.05, 3.63) is 59.7 Å². The molecule has 0 unspecified atom stereocenters. The number of rotatable bonds is 4. The number of nitrogens with one attached hydrogen (secondary N) is 1. The van der Waals surface area contributed by atoms with Crippen molar-refractivity contribution in [2.45, 2.75) is 17.5 Å². The van der Waals surface area contributed by atoms with Crippen molar-refractivity contribution in [3.8, 4) is 0 Å². The lowest BCUT2D eigenvalue weighted by atomic mass is 10.1. The lowest BCUT2D eigenvalue weighted by molar-refractivity contribution is 1.06. The van der Waals surface area contributed by atoms with Crippen molar-refractivity contribution in [3.63, 3.8) is 0 Å². The Balaban J connectivity index is 1.70. The Bertz CT molecular complexity index is 640. The molecule has 3 aromatic rings. The molecular weight excluding hydrogens is 254 g/mol. The third-order valence-electron chi connectivity index (χ3n) is 3.00. The van der Waals surface area contributed by atoms with Gasteiger partial charge in [0.25, 0.3) is 0 Å². The molecule has 96 valence electrons. The quantitative estimate of drug-likeness (QED) is 0.714. The molecule has 0 atom stereocenters. The molecule has 0 amide bonds. The first-order valence-electron chi connectivity index (χ1n) is 6.20. The maximum atomic E-state index is 5.59. The van der Waals surface area contributed by atoms with E-state index in [0.717, 1.165) is 27.5 Å². The fraction of sp³-hybridized carbons (Fsp3) is 0.133. The SMILES string of the molecule is NCc1ccc(CSc2nc3ccccc3[nH]2)cc1. The molecule has 0 bridgehead atoms. The zero-order valence-electron chi connectivity index (χ0n) is 10.5. The minimum absolute atomic E-state index is 0.594. The molecule has 0 aliphatic heterocycles. The number of hydrogen-bond donors (Lipinski definition) is 2. The van der Waals surface area contributed by atoms with Gasteiger partial charge in [-0.2, -0.15) is 0 Å². The van der Waals surface area contributed by atoms with E-state index in [1.54, 1.807) is 11.8 Å². The molecule has 0 saturated carbocycles. The highest BCUT2D eigenvalue weighted by Crippen LogP contribution is 2.23. The molecular formula is C15H15N3S. The van der Waals surface area contributed by atoms with Crippen molar-refractivity contribution >= 4 is 22.8 Å². The van der Waals surface area contributed by atoms with Gasteiger partial charge in [-0.15, -0.1) is 0 Å². The van der Waals surface area contributed by atoms with Gasteiger partial charge in [0, 0.05) is 12.3 Å². The number of hydrogen-bond acceptors (Lipinski definition) is 3. The van der Waals surface area contributed by atoms with E-state index < -0.39 is 0 Å². The zero-order chi connectivity index (χ0) is 13.1. The molecule has 1 aromatic heterocycles. The topological polar surface area (TPSA) is 54.7 Å². The van der Waals surface area contributed by atoms with Gasteiger partial charge in [0.1, 0.15) is 0 Å². The molecule has 3 nitrogen and oxygen atoms in total. The Kier molecular flexibility index (Phi) is 3.53. The summed E-state index contributed by atoms with van der Waals surface area (Å²) in [5.74, 6) is 0.907. The number of thioether (sulfide) groups is 1. The number of aromatic nitrogens is 2. The number of fused-ring (bicyclic) bond motifs is 1. The van der Waals surface area contributed by atoms with E-state index in [2.05, 4.69) is 34.2 Å². The Morgan fingerprint density at radius 2 is 1.74 bits per heavy atom. The second-order valence-electron chi connectivity index (χ2n) is 4.37. The number of nitrogens with zero attached hydrogens (tertiary/aromatic N) is 1. The predicted octanol–water partition coefficient (Wildman–Crippen LogP) is 3.31. The van der Waals surface area contributed by atoms with Crippen LogP contribution in [0.4, 0.5) is 0 Å². The molecule has 0 fully saturated rings. The second-order valence-corrected chi connectivity index (χ2v) is 5.33. The van der Waals surface area contributed by atoms with Crippen LogP contribution in [0.15, 0.2) is 53.7 Å². The van der Waals surface area contributed by atoms with Gasteiger partial charge in [0.05, 0.1) is 11.0 Å². The molecule has 1 heterocycles. The molecule has 0 aliphatic carbocycles. The van der Waals surface area contributed by atoms with E-state index in [9.17, 15) is 0 Å².